The molecule has 0 saturated carbocycles. The Balaban J connectivity index is 2.08. The van der Waals surface area contributed by atoms with Crippen LogP contribution in [-0.4, -0.2) is 26.9 Å². The van der Waals surface area contributed by atoms with Crippen molar-refractivity contribution in [3.8, 4) is 17.2 Å². The van der Waals surface area contributed by atoms with E-state index < -0.39 is 23.2 Å². The van der Waals surface area contributed by atoms with E-state index in [2.05, 4.69) is 5.10 Å². The smallest absolute Gasteiger partial charge is 0.280 e. The third-order valence-electron chi connectivity index (χ3n) is 4.02. The molecule has 3 N–H and O–H groups in total. The Hall–Kier alpha value is -3.06. The van der Waals surface area contributed by atoms with Gasteiger partial charge in [0.05, 0.1) is 22.0 Å². The highest BCUT2D eigenvalue weighted by Crippen LogP contribution is 2.35. The number of carbonyl (C=O) groups is 1. The van der Waals surface area contributed by atoms with Crippen LogP contribution in [0.1, 0.15) is 19.4 Å². The summed E-state index contributed by atoms with van der Waals surface area (Å²) in [7, 11) is 0. The van der Waals surface area contributed by atoms with Gasteiger partial charge in [-0.25, -0.2) is 4.39 Å². The van der Waals surface area contributed by atoms with E-state index in [9.17, 15) is 24.5 Å². The minimum absolute atomic E-state index is 0.131. The van der Waals surface area contributed by atoms with E-state index in [0.29, 0.717) is 11.4 Å². The average Bonchev–Trinajstić information content (AvgIpc) is 2.92. The fraction of sp³-hybridized carbons (Fsp3) is 0.158. The van der Waals surface area contributed by atoms with Gasteiger partial charge in [-0.2, -0.15) is 10.1 Å². The highest BCUT2D eigenvalue weighted by molar-refractivity contribution is 6.34. The van der Waals surface area contributed by atoms with Gasteiger partial charge in [0, 0.05) is 11.6 Å². The quantitative estimate of drug-likeness (QED) is 0.419. The molecule has 1 heterocycles. The van der Waals surface area contributed by atoms with Crippen molar-refractivity contribution in [3.05, 3.63) is 52.3 Å². The molecule has 0 bridgehead atoms. The lowest BCUT2D eigenvalue weighted by molar-refractivity contribution is -0.114. The van der Waals surface area contributed by atoms with Crippen molar-refractivity contribution in [2.24, 2.45) is 11.0 Å². The zero-order valence-corrected chi connectivity index (χ0v) is 15.2. The van der Waals surface area contributed by atoms with Crippen molar-refractivity contribution in [3.63, 3.8) is 0 Å². The molecule has 1 aliphatic rings. The molecule has 3 rings (SSSR count). The summed E-state index contributed by atoms with van der Waals surface area (Å²) in [5.41, 5.74) is 1.09. The maximum Gasteiger partial charge on any atom is 0.280 e. The van der Waals surface area contributed by atoms with Crippen LogP contribution in [-0.2, 0) is 4.79 Å². The maximum absolute atomic E-state index is 13.4. The Bertz CT molecular complexity index is 1000. The zero-order valence-electron chi connectivity index (χ0n) is 14.4. The van der Waals surface area contributed by atoms with E-state index in [1.165, 1.54) is 18.2 Å². The highest BCUT2D eigenvalue weighted by Gasteiger charge is 2.33. The SMILES string of the molecule is CC(C)C1=NN(c2ccc(F)c(Cl)c2)C(=O)/C1=C/c1cc(O)c(O)cc1O. The number of benzene rings is 2. The number of amides is 1. The molecule has 0 aromatic heterocycles. The summed E-state index contributed by atoms with van der Waals surface area (Å²) < 4.78 is 13.4. The molecule has 0 unspecified atom stereocenters. The van der Waals surface area contributed by atoms with Crippen LogP contribution < -0.4 is 5.01 Å². The van der Waals surface area contributed by atoms with Gasteiger partial charge in [0.1, 0.15) is 11.6 Å². The predicted octanol–water partition coefficient (Wildman–Crippen LogP) is 4.04. The van der Waals surface area contributed by atoms with Gasteiger partial charge in [-0.05, 0) is 36.3 Å². The number of hydrogen-bond acceptors (Lipinski definition) is 5. The first-order valence-corrected chi connectivity index (χ1v) is 8.42. The van der Waals surface area contributed by atoms with Crippen LogP contribution in [0.5, 0.6) is 17.2 Å². The van der Waals surface area contributed by atoms with Gasteiger partial charge in [0.2, 0.25) is 0 Å². The van der Waals surface area contributed by atoms with Gasteiger partial charge in [0.15, 0.2) is 11.5 Å². The molecule has 1 amide bonds. The lowest BCUT2D eigenvalue weighted by Gasteiger charge is -2.12. The van der Waals surface area contributed by atoms with Gasteiger partial charge in [-0.3, -0.25) is 4.79 Å². The molecule has 2 aromatic carbocycles. The van der Waals surface area contributed by atoms with Crippen molar-refractivity contribution >= 4 is 35.0 Å². The van der Waals surface area contributed by atoms with E-state index in [1.54, 1.807) is 0 Å². The number of phenols is 3. The second-order valence-corrected chi connectivity index (χ2v) is 6.72. The second kappa shape index (κ2) is 6.92. The number of carbonyl (C=O) groups excluding carboxylic acids is 1. The fourth-order valence-electron chi connectivity index (χ4n) is 2.64. The number of anilines is 1. The number of halogens is 2. The molecule has 8 heteroatoms. The van der Waals surface area contributed by atoms with E-state index in [4.69, 9.17) is 11.6 Å². The first-order chi connectivity index (χ1) is 12.7. The minimum atomic E-state index is -0.611. The Morgan fingerprint density at radius 2 is 1.78 bits per heavy atom. The number of hydrazone groups is 1. The van der Waals surface area contributed by atoms with Crippen LogP contribution >= 0.6 is 11.6 Å². The summed E-state index contributed by atoms with van der Waals surface area (Å²) in [6, 6.07) is 5.93. The van der Waals surface area contributed by atoms with Crippen molar-refractivity contribution in [1.82, 2.24) is 0 Å². The molecule has 27 heavy (non-hydrogen) atoms. The fourth-order valence-corrected chi connectivity index (χ4v) is 2.81. The molecule has 2 aromatic rings. The normalized spacial score (nSPS) is 15.7. The van der Waals surface area contributed by atoms with E-state index in [-0.39, 0.29) is 27.8 Å². The maximum atomic E-state index is 13.4. The molecular formula is C19H16ClFN2O4. The first kappa shape index (κ1) is 18.7. The van der Waals surface area contributed by atoms with Crippen LogP contribution in [0.2, 0.25) is 5.02 Å². The molecule has 6 nitrogen and oxygen atoms in total. The summed E-state index contributed by atoms with van der Waals surface area (Å²) in [5.74, 6) is -2.46. The van der Waals surface area contributed by atoms with E-state index in [1.807, 2.05) is 13.8 Å². The highest BCUT2D eigenvalue weighted by atomic mass is 35.5. The predicted molar refractivity (Wildman–Crippen MR) is 101 cm³/mol. The first-order valence-electron chi connectivity index (χ1n) is 8.04. The minimum Gasteiger partial charge on any atom is -0.507 e. The summed E-state index contributed by atoms with van der Waals surface area (Å²) in [4.78, 5) is 12.9. The molecule has 0 radical (unpaired) electrons. The van der Waals surface area contributed by atoms with Gasteiger partial charge in [-0.1, -0.05) is 25.4 Å². The second-order valence-electron chi connectivity index (χ2n) is 6.31. The number of aromatic hydroxyl groups is 3. The van der Waals surface area contributed by atoms with Crippen molar-refractivity contribution in [1.29, 1.82) is 0 Å². The molecule has 140 valence electrons. The van der Waals surface area contributed by atoms with Crippen LogP contribution in [0.4, 0.5) is 10.1 Å². The average molecular weight is 391 g/mol. The summed E-state index contributed by atoms with van der Waals surface area (Å²) in [6.07, 6.45) is 1.38. The molecule has 0 spiro atoms. The summed E-state index contributed by atoms with van der Waals surface area (Å²) in [6.45, 7) is 3.69. The molecule has 0 fully saturated rings. The van der Waals surface area contributed by atoms with Crippen molar-refractivity contribution in [2.75, 3.05) is 5.01 Å². The number of phenolic OH excluding ortho intramolecular Hbond substituents is 3. The standard InChI is InChI=1S/C19H16ClFN2O4/c1-9(2)18-12(5-10-6-16(25)17(26)8-15(10)24)19(27)23(22-18)11-3-4-14(21)13(20)7-11/h3-9,24-26H,1-2H3/b12-5+. The van der Waals surface area contributed by atoms with Gasteiger partial charge in [-0.15, -0.1) is 0 Å². The van der Waals surface area contributed by atoms with Crippen LogP contribution in [0, 0.1) is 11.7 Å². The third-order valence-corrected chi connectivity index (χ3v) is 4.31. The molecule has 0 saturated heterocycles. The number of hydrogen-bond donors (Lipinski definition) is 3. The van der Waals surface area contributed by atoms with E-state index >= 15 is 0 Å². The molecule has 0 atom stereocenters. The molecular weight excluding hydrogens is 375 g/mol. The number of rotatable bonds is 3. The van der Waals surface area contributed by atoms with Gasteiger partial charge in [0.25, 0.3) is 5.91 Å². The molecule has 0 aliphatic carbocycles. The lowest BCUT2D eigenvalue weighted by Crippen LogP contribution is -2.21. The largest absolute Gasteiger partial charge is 0.507 e. The van der Waals surface area contributed by atoms with Crippen LogP contribution in [0.15, 0.2) is 41.0 Å². The van der Waals surface area contributed by atoms with Crippen molar-refractivity contribution < 1.29 is 24.5 Å². The van der Waals surface area contributed by atoms with E-state index in [0.717, 1.165) is 23.2 Å². The van der Waals surface area contributed by atoms with Crippen LogP contribution in [0.3, 0.4) is 0 Å². The van der Waals surface area contributed by atoms with Crippen molar-refractivity contribution in [2.45, 2.75) is 13.8 Å². The third kappa shape index (κ3) is 3.46. The van der Waals surface area contributed by atoms with Gasteiger partial charge < -0.3 is 15.3 Å². The number of nitrogens with zero attached hydrogens (tertiary/aromatic N) is 2. The Labute approximate surface area is 159 Å². The lowest BCUT2D eigenvalue weighted by atomic mass is 9.97. The Kier molecular flexibility index (Phi) is 4.80. The summed E-state index contributed by atoms with van der Waals surface area (Å²) in [5, 5.41) is 34.4. The Morgan fingerprint density at radius 1 is 1.11 bits per heavy atom. The van der Waals surface area contributed by atoms with Crippen LogP contribution in [0.25, 0.3) is 6.08 Å². The monoisotopic (exact) mass is 390 g/mol. The Morgan fingerprint density at radius 3 is 2.41 bits per heavy atom. The van der Waals surface area contributed by atoms with Gasteiger partial charge >= 0.3 is 0 Å². The topological polar surface area (TPSA) is 93.4 Å². The molecule has 1 aliphatic heterocycles. The summed E-state index contributed by atoms with van der Waals surface area (Å²) >= 11 is 5.80. The zero-order chi connectivity index (χ0) is 19.9.